The Balaban J connectivity index is 1.85. The highest BCUT2D eigenvalue weighted by Gasteiger charge is 2.31. The van der Waals surface area contributed by atoms with Crippen LogP contribution in [-0.2, 0) is 6.54 Å². The number of aliphatic hydroxyl groups is 1. The number of aliphatic hydroxyl groups excluding tert-OH is 1. The quantitative estimate of drug-likeness (QED) is 0.674. The molecule has 1 fully saturated rings. The number of nitrogens with one attached hydrogen (secondary N) is 1. The first-order chi connectivity index (χ1) is 10.1. The molecule has 5 nitrogen and oxygen atoms in total. The van der Waals surface area contributed by atoms with Crippen LogP contribution >= 0.6 is 0 Å². The van der Waals surface area contributed by atoms with Gasteiger partial charge in [0.25, 0.3) is 0 Å². The molecule has 21 heavy (non-hydrogen) atoms. The van der Waals surface area contributed by atoms with Crippen molar-refractivity contribution in [2.75, 3.05) is 13.2 Å². The van der Waals surface area contributed by atoms with E-state index in [0.29, 0.717) is 24.6 Å². The van der Waals surface area contributed by atoms with Gasteiger partial charge in [-0.3, -0.25) is 0 Å². The Bertz CT molecular complexity index is 492. The third-order valence-electron chi connectivity index (χ3n) is 3.51. The number of rotatable bonds is 7. The lowest BCUT2D eigenvalue weighted by Crippen LogP contribution is -2.41. The summed E-state index contributed by atoms with van der Waals surface area (Å²) in [5, 5.41) is 20.7. The van der Waals surface area contributed by atoms with E-state index < -0.39 is 11.6 Å². The molecule has 6 heteroatoms. The van der Waals surface area contributed by atoms with Crippen molar-refractivity contribution in [1.29, 1.82) is 0 Å². The summed E-state index contributed by atoms with van der Waals surface area (Å²) in [6.07, 6.45) is 3.48. The van der Waals surface area contributed by atoms with Crippen LogP contribution in [-0.4, -0.2) is 40.3 Å². The highest BCUT2D eigenvalue weighted by molar-refractivity contribution is 5.74. The summed E-state index contributed by atoms with van der Waals surface area (Å²) in [4.78, 5) is 13.9. The molecule has 1 aromatic rings. The second-order valence-corrected chi connectivity index (χ2v) is 5.30. The fourth-order valence-corrected chi connectivity index (χ4v) is 2.17. The molecule has 2 rings (SSSR count). The highest BCUT2D eigenvalue weighted by Crippen LogP contribution is 2.27. The van der Waals surface area contributed by atoms with E-state index in [1.165, 1.54) is 12.1 Å². The van der Waals surface area contributed by atoms with Gasteiger partial charge in [-0.1, -0.05) is 6.07 Å². The molecule has 116 valence electrons. The first kappa shape index (κ1) is 15.6. The van der Waals surface area contributed by atoms with Crippen LogP contribution in [0.2, 0.25) is 0 Å². The second-order valence-electron chi connectivity index (χ2n) is 5.30. The van der Waals surface area contributed by atoms with Crippen LogP contribution in [0, 0.1) is 5.82 Å². The Labute approximate surface area is 123 Å². The molecular weight excluding hydrogens is 275 g/mol. The van der Waals surface area contributed by atoms with E-state index in [0.717, 1.165) is 19.3 Å². The van der Waals surface area contributed by atoms with Crippen LogP contribution in [0.1, 0.15) is 31.2 Å². The zero-order valence-corrected chi connectivity index (χ0v) is 11.9. The van der Waals surface area contributed by atoms with E-state index in [2.05, 4.69) is 5.32 Å². The minimum atomic E-state index is -0.691. The van der Waals surface area contributed by atoms with E-state index in [1.807, 2.05) is 0 Å². The average molecular weight is 296 g/mol. The molecule has 0 bridgehead atoms. The number of phenolic OH excluding ortho intramolecular Hbond substituents is 1. The largest absolute Gasteiger partial charge is 0.505 e. The lowest BCUT2D eigenvalue weighted by Gasteiger charge is -2.22. The summed E-state index contributed by atoms with van der Waals surface area (Å²) < 4.78 is 13.2. The maximum Gasteiger partial charge on any atom is 0.317 e. The van der Waals surface area contributed by atoms with Crippen LogP contribution in [0.3, 0.4) is 0 Å². The topological polar surface area (TPSA) is 72.8 Å². The number of benzene rings is 1. The lowest BCUT2D eigenvalue weighted by molar-refractivity contribution is 0.190. The van der Waals surface area contributed by atoms with E-state index in [1.54, 1.807) is 11.0 Å². The fourth-order valence-electron chi connectivity index (χ4n) is 2.17. The molecule has 1 saturated carbocycles. The van der Waals surface area contributed by atoms with Crippen molar-refractivity contribution in [2.24, 2.45) is 0 Å². The molecule has 1 aliphatic carbocycles. The van der Waals surface area contributed by atoms with Crippen molar-refractivity contribution in [3.8, 4) is 5.75 Å². The molecule has 0 aromatic heterocycles. The van der Waals surface area contributed by atoms with E-state index in [-0.39, 0.29) is 19.2 Å². The number of halogens is 1. The van der Waals surface area contributed by atoms with E-state index in [4.69, 9.17) is 10.2 Å². The van der Waals surface area contributed by atoms with Crippen molar-refractivity contribution in [1.82, 2.24) is 10.2 Å². The summed E-state index contributed by atoms with van der Waals surface area (Å²) in [6.45, 7) is 0.979. The molecule has 0 spiro atoms. The van der Waals surface area contributed by atoms with Crippen LogP contribution < -0.4 is 5.32 Å². The predicted octanol–water partition coefficient (Wildman–Crippen LogP) is 1.98. The van der Waals surface area contributed by atoms with Gasteiger partial charge in [0.1, 0.15) is 0 Å². The number of carbonyl (C=O) groups is 1. The number of nitrogens with zero attached hydrogens (tertiary/aromatic N) is 1. The zero-order chi connectivity index (χ0) is 15.2. The molecule has 0 aliphatic heterocycles. The Kier molecular flexibility index (Phi) is 5.38. The number of hydrogen-bond donors (Lipinski definition) is 3. The van der Waals surface area contributed by atoms with Crippen LogP contribution in [0.5, 0.6) is 5.75 Å². The summed E-state index contributed by atoms with van der Waals surface area (Å²) in [6, 6.07) is 4.19. The van der Waals surface area contributed by atoms with Crippen molar-refractivity contribution >= 4 is 6.03 Å². The second kappa shape index (κ2) is 7.26. The average Bonchev–Trinajstić information content (AvgIpc) is 3.29. The van der Waals surface area contributed by atoms with Gasteiger partial charge in [0.05, 0.1) is 0 Å². The van der Waals surface area contributed by atoms with Crippen LogP contribution in [0.25, 0.3) is 0 Å². The third kappa shape index (κ3) is 4.60. The molecule has 0 heterocycles. The van der Waals surface area contributed by atoms with Crippen LogP contribution in [0.15, 0.2) is 18.2 Å². The molecule has 0 saturated heterocycles. The standard InChI is InChI=1S/C15H21FN2O3/c16-13-9-11(3-6-14(13)20)10-17-15(21)18(12-4-5-12)7-1-2-8-19/h3,6,9,12,19-20H,1-2,4-5,7-8,10H2,(H,17,21). The van der Waals surface area contributed by atoms with Gasteiger partial charge in [0.2, 0.25) is 0 Å². The number of phenols is 1. The first-order valence-electron chi connectivity index (χ1n) is 7.24. The number of urea groups is 1. The number of aromatic hydroxyl groups is 1. The van der Waals surface area contributed by atoms with Gasteiger partial charge in [-0.05, 0) is 43.4 Å². The lowest BCUT2D eigenvalue weighted by atomic mass is 10.2. The van der Waals surface area contributed by atoms with E-state index >= 15 is 0 Å². The van der Waals surface area contributed by atoms with Gasteiger partial charge in [-0.15, -0.1) is 0 Å². The Morgan fingerprint density at radius 3 is 2.76 bits per heavy atom. The Hall–Kier alpha value is -1.82. The monoisotopic (exact) mass is 296 g/mol. The minimum absolute atomic E-state index is 0.132. The normalized spacial score (nSPS) is 14.0. The minimum Gasteiger partial charge on any atom is -0.505 e. The van der Waals surface area contributed by atoms with Crippen molar-refractivity contribution < 1.29 is 19.4 Å². The molecular formula is C15H21FN2O3. The fraction of sp³-hybridized carbons (Fsp3) is 0.533. The molecule has 0 radical (unpaired) electrons. The summed E-state index contributed by atoms with van der Waals surface area (Å²) in [5.41, 5.74) is 0.602. The predicted molar refractivity (Wildman–Crippen MR) is 76.3 cm³/mol. The third-order valence-corrected chi connectivity index (χ3v) is 3.51. The Morgan fingerprint density at radius 2 is 2.14 bits per heavy atom. The number of unbranched alkanes of at least 4 members (excludes halogenated alkanes) is 1. The van der Waals surface area contributed by atoms with Gasteiger partial charge < -0.3 is 20.4 Å². The Morgan fingerprint density at radius 1 is 1.38 bits per heavy atom. The molecule has 0 atom stereocenters. The van der Waals surface area contributed by atoms with E-state index in [9.17, 15) is 9.18 Å². The van der Waals surface area contributed by atoms with Gasteiger partial charge in [0, 0.05) is 25.7 Å². The zero-order valence-electron chi connectivity index (χ0n) is 11.9. The summed E-state index contributed by atoms with van der Waals surface area (Å²) in [5.74, 6) is -1.09. The maximum absolute atomic E-state index is 13.2. The molecule has 3 N–H and O–H groups in total. The summed E-state index contributed by atoms with van der Waals surface area (Å²) >= 11 is 0. The number of carbonyl (C=O) groups excluding carboxylic acids is 1. The van der Waals surface area contributed by atoms with Gasteiger partial charge in [0.15, 0.2) is 11.6 Å². The van der Waals surface area contributed by atoms with Crippen molar-refractivity contribution in [3.63, 3.8) is 0 Å². The van der Waals surface area contributed by atoms with Crippen molar-refractivity contribution in [3.05, 3.63) is 29.6 Å². The van der Waals surface area contributed by atoms with Gasteiger partial charge in [-0.2, -0.15) is 0 Å². The number of amides is 2. The molecule has 0 unspecified atom stereocenters. The first-order valence-corrected chi connectivity index (χ1v) is 7.24. The van der Waals surface area contributed by atoms with Gasteiger partial charge in [-0.25, -0.2) is 9.18 Å². The van der Waals surface area contributed by atoms with Gasteiger partial charge >= 0.3 is 6.03 Å². The maximum atomic E-state index is 13.2. The van der Waals surface area contributed by atoms with Crippen molar-refractivity contribution in [2.45, 2.75) is 38.3 Å². The molecule has 2 amide bonds. The summed E-state index contributed by atoms with van der Waals surface area (Å²) in [7, 11) is 0. The SMILES string of the molecule is O=C(NCc1ccc(O)c(F)c1)N(CCCCO)C1CC1. The van der Waals surface area contributed by atoms with Crippen LogP contribution in [0.4, 0.5) is 9.18 Å². The molecule has 1 aromatic carbocycles. The molecule has 1 aliphatic rings. The number of hydrogen-bond acceptors (Lipinski definition) is 3. The smallest absolute Gasteiger partial charge is 0.317 e. The highest BCUT2D eigenvalue weighted by atomic mass is 19.1.